The number of piperidine rings is 2. The lowest BCUT2D eigenvalue weighted by molar-refractivity contribution is 0.0709. The minimum atomic E-state index is -1.20. The maximum atomic E-state index is 15.9. The molecule has 2 aromatic heterocycles. The molecule has 2 aromatic carbocycles. The van der Waals surface area contributed by atoms with Gasteiger partial charge in [0.1, 0.15) is 29.5 Å². The van der Waals surface area contributed by atoms with Crippen molar-refractivity contribution in [1.82, 2.24) is 34.2 Å². The van der Waals surface area contributed by atoms with E-state index in [4.69, 9.17) is 10.5 Å². The number of para-hydroxylation sites is 1. The van der Waals surface area contributed by atoms with E-state index in [9.17, 15) is 4.79 Å². The van der Waals surface area contributed by atoms with E-state index < -0.39 is 12.2 Å². The van der Waals surface area contributed by atoms with Gasteiger partial charge >= 0.3 is 5.69 Å². The normalized spacial score (nSPS) is 22.5. The molecule has 226 valence electrons. The lowest BCUT2D eigenvalue weighted by Gasteiger charge is -2.42. The molecule has 3 saturated heterocycles. The van der Waals surface area contributed by atoms with E-state index in [0.717, 1.165) is 38.6 Å². The van der Waals surface area contributed by atoms with Gasteiger partial charge in [-0.05, 0) is 87.6 Å². The van der Waals surface area contributed by atoms with Gasteiger partial charge in [-0.2, -0.15) is 0 Å². The van der Waals surface area contributed by atoms with Crippen LogP contribution in [0.15, 0.2) is 65.7 Å². The van der Waals surface area contributed by atoms with E-state index in [1.54, 1.807) is 24.3 Å². The number of halogens is 1. The summed E-state index contributed by atoms with van der Waals surface area (Å²) >= 11 is 0. The number of anilines is 1. The van der Waals surface area contributed by atoms with Crippen molar-refractivity contribution in [2.45, 2.75) is 43.9 Å². The van der Waals surface area contributed by atoms with Crippen LogP contribution in [0.4, 0.5) is 10.2 Å². The number of nitrogens with zero attached hydrogens (tertiary/aromatic N) is 6. The molecule has 5 heterocycles. The van der Waals surface area contributed by atoms with Gasteiger partial charge < -0.3 is 20.7 Å². The Hall–Kier alpha value is -3.80. The second-order valence-electron chi connectivity index (χ2n) is 12.1. The molecular formula is C32H39FN8O2. The zero-order chi connectivity index (χ0) is 29.3. The molecule has 0 radical (unpaired) electrons. The van der Waals surface area contributed by atoms with Crippen LogP contribution in [0.5, 0.6) is 11.5 Å². The quantitative estimate of drug-likeness (QED) is 0.323. The van der Waals surface area contributed by atoms with Gasteiger partial charge in [0.2, 0.25) is 0 Å². The predicted molar refractivity (Wildman–Crippen MR) is 165 cm³/mol. The monoisotopic (exact) mass is 586 g/mol. The number of benzene rings is 2. The molecule has 0 spiro atoms. The van der Waals surface area contributed by atoms with Gasteiger partial charge in [-0.15, -0.1) is 0 Å². The van der Waals surface area contributed by atoms with Crippen molar-refractivity contribution in [3.8, 4) is 17.2 Å². The molecule has 0 saturated carbocycles. The zero-order valence-corrected chi connectivity index (χ0v) is 24.3. The molecule has 3 fully saturated rings. The third kappa shape index (κ3) is 5.64. The number of nitrogen functional groups attached to an aromatic ring is 1. The van der Waals surface area contributed by atoms with E-state index in [-0.39, 0.29) is 11.5 Å². The van der Waals surface area contributed by atoms with E-state index in [2.05, 4.69) is 25.1 Å². The number of fused-ring (bicyclic) bond motifs is 1. The summed E-state index contributed by atoms with van der Waals surface area (Å²) in [5.41, 5.74) is 7.25. The highest BCUT2D eigenvalue weighted by Gasteiger charge is 2.35. The fourth-order valence-electron chi connectivity index (χ4n) is 6.85. The summed E-state index contributed by atoms with van der Waals surface area (Å²) in [5, 5.41) is 3.37. The number of imidazole rings is 1. The molecular weight excluding hydrogens is 547 g/mol. The van der Waals surface area contributed by atoms with Crippen LogP contribution in [0, 0.1) is 5.92 Å². The van der Waals surface area contributed by atoms with Crippen molar-refractivity contribution >= 4 is 17.0 Å². The average molecular weight is 587 g/mol. The van der Waals surface area contributed by atoms with Gasteiger partial charge in [0.15, 0.2) is 11.5 Å². The van der Waals surface area contributed by atoms with Crippen molar-refractivity contribution in [2.24, 2.45) is 5.92 Å². The average Bonchev–Trinajstić information content (AvgIpc) is 3.29. The first-order valence-electron chi connectivity index (χ1n) is 15.4. The smallest absolute Gasteiger partial charge is 0.335 e. The van der Waals surface area contributed by atoms with Crippen molar-refractivity contribution in [1.29, 1.82) is 0 Å². The molecule has 0 aliphatic carbocycles. The molecule has 3 aliphatic rings. The van der Waals surface area contributed by atoms with E-state index in [1.165, 1.54) is 41.4 Å². The molecule has 2 atom stereocenters. The highest BCUT2D eigenvalue weighted by atomic mass is 19.1. The Balaban J connectivity index is 1.05. The minimum Gasteiger partial charge on any atom is -0.457 e. The molecule has 3 aliphatic heterocycles. The second-order valence-corrected chi connectivity index (χ2v) is 12.1. The van der Waals surface area contributed by atoms with Crippen LogP contribution in [0.3, 0.4) is 0 Å². The van der Waals surface area contributed by atoms with Crippen LogP contribution in [0.1, 0.15) is 31.7 Å². The molecule has 4 aromatic rings. The highest BCUT2D eigenvalue weighted by Crippen LogP contribution is 2.31. The number of hydrogen-bond donors (Lipinski definition) is 2. The first-order chi connectivity index (χ1) is 21.0. The van der Waals surface area contributed by atoms with Crippen LogP contribution < -0.4 is 21.5 Å². The molecule has 0 unspecified atom stereocenters. The lowest BCUT2D eigenvalue weighted by atomic mass is 9.91. The molecule has 0 bridgehead atoms. The summed E-state index contributed by atoms with van der Waals surface area (Å²) in [4.78, 5) is 27.4. The summed E-state index contributed by atoms with van der Waals surface area (Å²) in [5.74, 6) is 2.23. The Labute approximate surface area is 250 Å². The summed E-state index contributed by atoms with van der Waals surface area (Å²) in [7, 11) is 0. The highest BCUT2D eigenvalue weighted by molar-refractivity contribution is 5.84. The van der Waals surface area contributed by atoms with Crippen molar-refractivity contribution in [3.05, 3.63) is 71.4 Å². The largest absolute Gasteiger partial charge is 0.457 e. The number of hydrogen-bond acceptors (Lipinski definition) is 8. The first-order valence-corrected chi connectivity index (χ1v) is 15.4. The van der Waals surface area contributed by atoms with E-state index in [1.807, 2.05) is 30.3 Å². The number of ether oxygens (including phenoxy) is 1. The van der Waals surface area contributed by atoms with Gasteiger partial charge in [-0.1, -0.05) is 18.2 Å². The van der Waals surface area contributed by atoms with Crippen LogP contribution in [0.25, 0.3) is 16.9 Å². The molecule has 0 amide bonds. The molecule has 11 heteroatoms. The Morgan fingerprint density at radius 2 is 1.70 bits per heavy atom. The van der Waals surface area contributed by atoms with Crippen molar-refractivity contribution in [2.75, 3.05) is 51.5 Å². The maximum absolute atomic E-state index is 15.9. The van der Waals surface area contributed by atoms with Gasteiger partial charge in [-0.25, -0.2) is 19.2 Å². The topological polar surface area (TPSA) is 106 Å². The molecule has 10 nitrogen and oxygen atoms in total. The van der Waals surface area contributed by atoms with Crippen LogP contribution in [0.2, 0.25) is 0 Å². The minimum absolute atomic E-state index is 0.179. The third-order valence-electron chi connectivity index (χ3n) is 9.46. The molecule has 43 heavy (non-hydrogen) atoms. The summed E-state index contributed by atoms with van der Waals surface area (Å²) < 4.78 is 24.8. The lowest BCUT2D eigenvalue weighted by Crippen LogP contribution is -2.58. The van der Waals surface area contributed by atoms with Gasteiger partial charge in [0, 0.05) is 32.2 Å². The van der Waals surface area contributed by atoms with Crippen LogP contribution in [-0.4, -0.2) is 86.9 Å². The SMILES string of the molecule is Nc1ncnc2c1n(-c1ccc(Oc3ccccc3)cc1)c(=O)n2[C@@H]1CCN(CCC2CCN(C3CNC3)CC2)C[C@@H]1F. The predicted octanol–water partition coefficient (Wildman–Crippen LogP) is 3.62. The van der Waals surface area contributed by atoms with Gasteiger partial charge in [0.05, 0.1) is 11.7 Å². The number of nitrogens with one attached hydrogen (secondary N) is 1. The van der Waals surface area contributed by atoms with Gasteiger partial charge in [0.25, 0.3) is 0 Å². The molecule has 7 rings (SSSR count). The maximum Gasteiger partial charge on any atom is 0.335 e. The second kappa shape index (κ2) is 12.1. The Kier molecular flexibility index (Phi) is 7.85. The fraction of sp³-hybridized carbons (Fsp3) is 0.469. The van der Waals surface area contributed by atoms with Crippen molar-refractivity contribution in [3.63, 3.8) is 0 Å². The summed E-state index contributed by atoms with van der Waals surface area (Å²) in [6.07, 6.45) is 4.21. The zero-order valence-electron chi connectivity index (χ0n) is 24.3. The number of aromatic nitrogens is 4. The third-order valence-corrected chi connectivity index (χ3v) is 9.46. The standard InChI is InChI=1S/C32H39FN8O2/c33-27-20-38(14-10-22-11-16-39(17-12-22)24-18-35-19-24)15-13-28(27)41-31-29(30(34)36-21-37-31)40(32(41)42)23-6-8-26(9-7-23)43-25-4-2-1-3-5-25/h1-9,21-22,24,27-28,35H,10-20H2,(H2,34,36,37)/t27-,28+/m0/s1. The Morgan fingerprint density at radius 1 is 0.953 bits per heavy atom. The van der Waals surface area contributed by atoms with Crippen LogP contribution in [-0.2, 0) is 0 Å². The van der Waals surface area contributed by atoms with E-state index >= 15 is 4.39 Å². The Morgan fingerprint density at radius 3 is 2.40 bits per heavy atom. The number of alkyl halides is 1. The van der Waals surface area contributed by atoms with Crippen molar-refractivity contribution < 1.29 is 9.13 Å². The van der Waals surface area contributed by atoms with E-state index in [0.29, 0.717) is 47.2 Å². The van der Waals surface area contributed by atoms with Gasteiger partial charge in [-0.3, -0.25) is 14.0 Å². The summed E-state index contributed by atoms with van der Waals surface area (Å²) in [6.45, 7) is 6.52. The summed E-state index contributed by atoms with van der Waals surface area (Å²) in [6, 6.07) is 16.7. The number of likely N-dealkylation sites (tertiary alicyclic amines) is 2. The Bertz CT molecular complexity index is 1600. The number of nitrogens with two attached hydrogens (primary N) is 1. The molecule has 3 N–H and O–H groups in total. The first kappa shape index (κ1) is 28.0. The van der Waals surface area contributed by atoms with Crippen LogP contribution >= 0.6 is 0 Å². The fourth-order valence-corrected chi connectivity index (χ4v) is 6.85. The number of rotatable bonds is 8.